The average Bonchev–Trinajstić information content (AvgIpc) is 3.00. The third-order valence-corrected chi connectivity index (χ3v) is 12.2. The van der Waals surface area contributed by atoms with Gasteiger partial charge in [-0.1, -0.05) is 54.6 Å². The SMILES string of the molecule is Cn1c([O-])c(C(C(=O)OC(C)(C)C)C(C(=O)OC(C)(C)C)[P+](c2ccccc2)(c2ccccc2)c2ccccc2)c(=O)n(C)c1=O. The lowest BCUT2D eigenvalue weighted by atomic mass is 9.96. The number of nitrogens with zero attached hydrogens (tertiary/aromatic N) is 2. The van der Waals surface area contributed by atoms with Crippen LogP contribution in [0.2, 0.25) is 0 Å². The first-order valence-corrected chi connectivity index (χ1v) is 16.8. The molecule has 0 amide bonds. The van der Waals surface area contributed by atoms with E-state index in [4.69, 9.17) is 9.47 Å². The van der Waals surface area contributed by atoms with Crippen molar-refractivity contribution in [3.8, 4) is 5.88 Å². The fourth-order valence-electron chi connectivity index (χ4n) is 5.69. The van der Waals surface area contributed by atoms with Gasteiger partial charge in [0.05, 0.1) is 0 Å². The standard InChI is InChI=1S/C36H41N2O7P/c1-35(2,3)44-32(41)27(28-30(39)37(7)34(43)38(8)31(28)40)29(33(42)45-36(4,5)6)46(24-18-12-9-13-19-24,25-20-14-10-15-21-25)26-22-16-11-17-23-26/h9-23,27,29H,1-8H3. The van der Waals surface area contributed by atoms with E-state index in [1.165, 1.54) is 14.1 Å². The normalized spacial score (nSPS) is 13.5. The molecule has 0 aliphatic heterocycles. The predicted octanol–water partition coefficient (Wildman–Crippen LogP) is 3.29. The van der Waals surface area contributed by atoms with Crippen molar-refractivity contribution in [1.82, 2.24) is 9.13 Å². The van der Waals surface area contributed by atoms with Gasteiger partial charge in [0, 0.05) is 19.7 Å². The Morgan fingerprint density at radius 1 is 0.652 bits per heavy atom. The molecule has 46 heavy (non-hydrogen) atoms. The highest BCUT2D eigenvalue weighted by Crippen LogP contribution is 2.64. The van der Waals surface area contributed by atoms with Gasteiger partial charge in [0.1, 0.15) is 40.3 Å². The van der Waals surface area contributed by atoms with E-state index in [0.29, 0.717) is 15.9 Å². The number of esters is 2. The molecule has 0 aliphatic rings. The Labute approximate surface area is 269 Å². The average molecular weight is 645 g/mol. The zero-order valence-corrected chi connectivity index (χ0v) is 28.4. The zero-order chi connectivity index (χ0) is 34.0. The summed E-state index contributed by atoms with van der Waals surface area (Å²) in [5.74, 6) is -4.49. The molecule has 0 saturated heterocycles. The van der Waals surface area contributed by atoms with Crippen molar-refractivity contribution < 1.29 is 24.2 Å². The van der Waals surface area contributed by atoms with Crippen LogP contribution < -0.4 is 32.3 Å². The highest BCUT2D eigenvalue weighted by molar-refractivity contribution is 7.97. The molecule has 1 heterocycles. The minimum absolute atomic E-state index is 0.540. The summed E-state index contributed by atoms with van der Waals surface area (Å²) in [7, 11) is -0.913. The summed E-state index contributed by atoms with van der Waals surface area (Å²) in [6, 6.07) is 27.9. The van der Waals surface area contributed by atoms with Crippen molar-refractivity contribution in [3.63, 3.8) is 0 Å². The Morgan fingerprint density at radius 3 is 1.39 bits per heavy atom. The number of carbonyl (C=O) groups is 2. The van der Waals surface area contributed by atoms with Crippen molar-refractivity contribution in [2.75, 3.05) is 0 Å². The Bertz CT molecular complexity index is 1720. The van der Waals surface area contributed by atoms with Gasteiger partial charge in [0.2, 0.25) is 0 Å². The number of hydrogen-bond acceptors (Lipinski definition) is 7. The monoisotopic (exact) mass is 644 g/mol. The Balaban J connectivity index is 2.32. The van der Waals surface area contributed by atoms with Gasteiger partial charge in [-0.05, 0) is 83.8 Å². The molecule has 0 N–H and O–H groups in total. The molecule has 10 heteroatoms. The molecule has 242 valence electrons. The Kier molecular flexibility index (Phi) is 9.78. The van der Waals surface area contributed by atoms with Gasteiger partial charge in [-0.3, -0.25) is 14.2 Å². The van der Waals surface area contributed by atoms with E-state index in [0.717, 1.165) is 9.13 Å². The summed E-state index contributed by atoms with van der Waals surface area (Å²) in [6.45, 7) is 10.1. The molecule has 0 aliphatic carbocycles. The first-order chi connectivity index (χ1) is 21.5. The second-order valence-corrected chi connectivity index (χ2v) is 16.7. The smallest absolute Gasteiger partial charge is 0.350 e. The van der Waals surface area contributed by atoms with Gasteiger partial charge in [0.25, 0.3) is 5.56 Å². The molecule has 0 radical (unpaired) electrons. The largest absolute Gasteiger partial charge is 0.860 e. The fourth-order valence-corrected chi connectivity index (χ4v) is 10.6. The lowest BCUT2D eigenvalue weighted by molar-refractivity contribution is -0.281. The molecule has 9 nitrogen and oxygen atoms in total. The van der Waals surface area contributed by atoms with Crippen LogP contribution in [0.4, 0.5) is 0 Å². The van der Waals surface area contributed by atoms with Crippen LogP contribution in [-0.2, 0) is 33.2 Å². The molecule has 0 fully saturated rings. The van der Waals surface area contributed by atoms with Crippen molar-refractivity contribution in [2.45, 2.75) is 64.3 Å². The van der Waals surface area contributed by atoms with Crippen molar-refractivity contribution in [2.24, 2.45) is 14.1 Å². The molecule has 2 atom stereocenters. The summed E-state index contributed by atoms with van der Waals surface area (Å²) in [6.07, 6.45) is 0. The number of benzene rings is 3. The lowest BCUT2D eigenvalue weighted by Gasteiger charge is -2.39. The third kappa shape index (κ3) is 6.70. The number of carbonyl (C=O) groups excluding carboxylic acids is 2. The molecule has 4 rings (SSSR count). The van der Waals surface area contributed by atoms with E-state index in [1.54, 1.807) is 41.5 Å². The number of rotatable bonds is 8. The molecular formula is C36H41N2O7P. The maximum Gasteiger partial charge on any atom is 0.350 e. The highest BCUT2D eigenvalue weighted by Gasteiger charge is 2.63. The van der Waals surface area contributed by atoms with Crippen molar-refractivity contribution in [3.05, 3.63) is 117 Å². The van der Waals surface area contributed by atoms with Crippen LogP contribution in [-0.4, -0.2) is 37.9 Å². The third-order valence-electron chi connectivity index (χ3n) is 7.49. The second kappa shape index (κ2) is 13.1. The highest BCUT2D eigenvalue weighted by atomic mass is 31.2. The molecule has 3 aromatic carbocycles. The molecular weight excluding hydrogens is 603 g/mol. The quantitative estimate of drug-likeness (QED) is 0.213. The molecule has 1 aromatic heterocycles. The summed E-state index contributed by atoms with van der Waals surface area (Å²) in [5, 5.41) is 16.2. The fraction of sp³-hybridized carbons (Fsp3) is 0.333. The van der Waals surface area contributed by atoms with Gasteiger partial charge < -0.3 is 19.1 Å². The van der Waals surface area contributed by atoms with Gasteiger partial charge >= 0.3 is 17.6 Å². The van der Waals surface area contributed by atoms with Crippen LogP contribution in [0.1, 0.15) is 53.0 Å². The van der Waals surface area contributed by atoms with Crippen LogP contribution in [0.5, 0.6) is 5.88 Å². The van der Waals surface area contributed by atoms with E-state index in [2.05, 4.69) is 0 Å². The van der Waals surface area contributed by atoms with E-state index < -0.39 is 64.7 Å². The maximum absolute atomic E-state index is 15.0. The van der Waals surface area contributed by atoms with Gasteiger partial charge in [-0.2, -0.15) is 0 Å². The minimum atomic E-state index is -3.38. The molecule has 2 unspecified atom stereocenters. The Morgan fingerprint density at radius 2 is 1.02 bits per heavy atom. The van der Waals surface area contributed by atoms with Crippen LogP contribution >= 0.6 is 7.26 Å². The van der Waals surface area contributed by atoms with E-state index in [1.807, 2.05) is 91.0 Å². The topological polar surface area (TPSA) is 120 Å². The summed E-state index contributed by atoms with van der Waals surface area (Å²) in [5.41, 5.74) is -5.91. The van der Waals surface area contributed by atoms with Crippen molar-refractivity contribution in [1.29, 1.82) is 0 Å². The van der Waals surface area contributed by atoms with E-state index in [-0.39, 0.29) is 0 Å². The molecule has 4 aromatic rings. The predicted molar refractivity (Wildman–Crippen MR) is 180 cm³/mol. The number of ether oxygens (including phenoxy) is 2. The Hall–Kier alpha value is -4.49. The molecule has 0 saturated carbocycles. The zero-order valence-electron chi connectivity index (χ0n) is 27.5. The lowest BCUT2D eigenvalue weighted by Crippen LogP contribution is -2.52. The minimum Gasteiger partial charge on any atom is -0.860 e. The van der Waals surface area contributed by atoms with Gasteiger partial charge in [0.15, 0.2) is 5.66 Å². The van der Waals surface area contributed by atoms with E-state index >= 15 is 0 Å². The van der Waals surface area contributed by atoms with E-state index in [9.17, 15) is 24.3 Å². The van der Waals surface area contributed by atoms with Crippen LogP contribution in [0.3, 0.4) is 0 Å². The maximum atomic E-state index is 15.0. The van der Waals surface area contributed by atoms with Crippen LogP contribution in [0, 0.1) is 0 Å². The van der Waals surface area contributed by atoms with Crippen molar-refractivity contribution >= 4 is 35.1 Å². The summed E-state index contributed by atoms with van der Waals surface area (Å²) >= 11 is 0. The summed E-state index contributed by atoms with van der Waals surface area (Å²) in [4.78, 5) is 56.5. The second-order valence-electron chi connectivity index (χ2n) is 13.1. The summed E-state index contributed by atoms with van der Waals surface area (Å²) < 4.78 is 13.6. The molecule has 0 spiro atoms. The first kappa shape index (κ1) is 34.4. The number of aromatic nitrogens is 2. The van der Waals surface area contributed by atoms with Gasteiger partial charge in [-0.15, -0.1) is 0 Å². The van der Waals surface area contributed by atoms with Crippen LogP contribution in [0.15, 0.2) is 101 Å². The number of hydrogen-bond donors (Lipinski definition) is 0. The van der Waals surface area contributed by atoms with Gasteiger partial charge in [-0.25, -0.2) is 9.59 Å². The molecule has 0 bridgehead atoms. The van der Waals surface area contributed by atoms with Crippen LogP contribution in [0.25, 0.3) is 0 Å². The first-order valence-electron chi connectivity index (χ1n) is 15.0.